The van der Waals surface area contributed by atoms with Gasteiger partial charge in [-0.15, -0.1) is 11.3 Å². The number of aliphatic carboxylic acids is 1. The summed E-state index contributed by atoms with van der Waals surface area (Å²) in [6.07, 6.45) is 5.34. The number of carboxylic acids is 1. The van der Waals surface area contributed by atoms with Gasteiger partial charge in [-0.1, -0.05) is 48.0 Å². The molecule has 6 heterocycles. The van der Waals surface area contributed by atoms with E-state index in [-0.39, 0.29) is 30.1 Å². The molecule has 12 rings (SSSR count). The SMILES string of the molecule is Cc1c2ccc(c1Cl)CN(CCN1CCN(C)CC1)Cc1ccc(OCc3ccnc(C45CC(C4)C5)n3)c(c1)C[C@H](C(=O)O)Oc1ncnc3sc(-c4ccc(F)cc4)c-2c13. The first-order valence-corrected chi connectivity index (χ1v) is 22.2. The molecule has 6 aromatic rings. The van der Waals surface area contributed by atoms with Gasteiger partial charge in [0.05, 0.1) is 11.1 Å². The van der Waals surface area contributed by atoms with Crippen LogP contribution in [0.1, 0.15) is 53.0 Å². The first-order chi connectivity index (χ1) is 29.6. The maximum absolute atomic E-state index is 14.2. The van der Waals surface area contributed by atoms with E-state index in [1.54, 1.807) is 12.1 Å². The van der Waals surface area contributed by atoms with Crippen molar-refractivity contribution >= 4 is 39.1 Å². The Morgan fingerprint density at radius 3 is 2.51 bits per heavy atom. The molecule has 11 nitrogen and oxygen atoms in total. The molecule has 6 aliphatic rings. The Balaban J connectivity index is 1.06. The van der Waals surface area contributed by atoms with Crippen LogP contribution in [0, 0.1) is 18.7 Å². The molecule has 14 heteroatoms. The highest BCUT2D eigenvalue weighted by atomic mass is 35.5. The van der Waals surface area contributed by atoms with Gasteiger partial charge in [-0.3, -0.25) is 9.80 Å². The van der Waals surface area contributed by atoms with Gasteiger partial charge in [0, 0.05) is 85.9 Å². The van der Waals surface area contributed by atoms with Gasteiger partial charge in [0.2, 0.25) is 12.0 Å². The minimum absolute atomic E-state index is 0.00766. The second-order valence-electron chi connectivity index (χ2n) is 17.2. The Bertz CT molecular complexity index is 2620. The maximum Gasteiger partial charge on any atom is 0.345 e. The van der Waals surface area contributed by atoms with Crippen LogP contribution in [0.4, 0.5) is 4.39 Å². The molecule has 3 aliphatic carbocycles. The predicted molar refractivity (Wildman–Crippen MR) is 234 cm³/mol. The van der Waals surface area contributed by atoms with Crippen molar-refractivity contribution < 1.29 is 23.8 Å². The number of rotatable bonds is 9. The summed E-state index contributed by atoms with van der Waals surface area (Å²) in [6.45, 7) is 9.21. The molecular formula is C47H47ClFN7O4S. The topological polar surface area (TPSA) is 117 Å². The summed E-state index contributed by atoms with van der Waals surface area (Å²) in [7, 11) is 2.17. The lowest BCUT2D eigenvalue weighted by Crippen LogP contribution is -2.56. The van der Waals surface area contributed by atoms with Crippen LogP contribution in [0.2, 0.25) is 5.02 Å². The summed E-state index contributed by atoms with van der Waals surface area (Å²) < 4.78 is 27.3. The summed E-state index contributed by atoms with van der Waals surface area (Å²) >= 11 is 8.79. The second-order valence-corrected chi connectivity index (χ2v) is 18.6. The molecule has 314 valence electrons. The van der Waals surface area contributed by atoms with Gasteiger partial charge in [-0.05, 0) is 96.8 Å². The van der Waals surface area contributed by atoms with Crippen LogP contribution in [-0.2, 0) is 36.3 Å². The largest absolute Gasteiger partial charge is 0.487 e. The number of halogens is 2. The lowest BCUT2D eigenvalue weighted by atomic mass is 9.44. The predicted octanol–water partition coefficient (Wildman–Crippen LogP) is 8.18. The number of piperazine rings is 1. The zero-order valence-corrected chi connectivity index (χ0v) is 35.8. The van der Waals surface area contributed by atoms with Crippen molar-refractivity contribution in [3.05, 3.63) is 118 Å². The molecule has 0 radical (unpaired) electrons. The average molecular weight is 860 g/mol. The Morgan fingerprint density at radius 1 is 0.967 bits per heavy atom. The number of likely N-dealkylation sites (N-methyl/N-ethyl adjacent to an activating group) is 1. The van der Waals surface area contributed by atoms with Crippen LogP contribution in [0.15, 0.2) is 73.2 Å². The van der Waals surface area contributed by atoms with E-state index in [2.05, 4.69) is 54.9 Å². The van der Waals surface area contributed by atoms with E-state index in [9.17, 15) is 14.3 Å². The van der Waals surface area contributed by atoms with E-state index in [0.29, 0.717) is 39.6 Å². The summed E-state index contributed by atoms with van der Waals surface area (Å²) in [4.78, 5) is 40.7. The van der Waals surface area contributed by atoms with Gasteiger partial charge in [-0.25, -0.2) is 29.1 Å². The van der Waals surface area contributed by atoms with Crippen molar-refractivity contribution in [3.8, 4) is 33.2 Å². The van der Waals surface area contributed by atoms with Gasteiger partial charge < -0.3 is 19.5 Å². The molecule has 1 N–H and O–H groups in total. The molecular weight excluding hydrogens is 813 g/mol. The smallest absolute Gasteiger partial charge is 0.345 e. The third kappa shape index (κ3) is 7.87. The number of hydrogen-bond donors (Lipinski definition) is 1. The van der Waals surface area contributed by atoms with Gasteiger partial charge in [0.15, 0.2) is 0 Å². The van der Waals surface area contributed by atoms with Crippen molar-refractivity contribution in [3.63, 3.8) is 0 Å². The Hall–Kier alpha value is -5.05. The fourth-order valence-electron chi connectivity index (χ4n) is 9.44. The van der Waals surface area contributed by atoms with Crippen LogP contribution in [-0.4, -0.2) is 98.1 Å². The molecule has 0 amide bonds. The number of fused-ring (bicyclic) bond motifs is 6. The standard InChI is InChI=1S/C47H47ClFN7O4S/c1-28-36-9-6-32(41(28)48)25-56(18-17-55-15-13-54(2)14-16-55)24-29-3-10-37(59-26-35-11-12-50-46(53-35)47-21-30(22-47)23-47)33(19-29)20-38(45(57)58)60-43-40-39(36)42(61-44(40)52-27-51-43)31-4-7-34(49)8-5-31/h3-12,19,27,30,38H,13-18,20-26H2,1-2H3,(H,57,58)/t30?,38-,47?/m1/s1. The summed E-state index contributed by atoms with van der Waals surface area (Å²) in [5, 5.41) is 12.0. The van der Waals surface area contributed by atoms with E-state index >= 15 is 0 Å². The summed E-state index contributed by atoms with van der Waals surface area (Å²) in [6, 6.07) is 18.4. The van der Waals surface area contributed by atoms with Gasteiger partial charge >= 0.3 is 5.97 Å². The number of carboxylic acid groups (broad SMARTS) is 1. The number of nitrogens with zero attached hydrogens (tertiary/aromatic N) is 7. The molecule has 6 bridgehead atoms. The lowest BCUT2D eigenvalue weighted by Gasteiger charge is -2.60. The second kappa shape index (κ2) is 16.3. The molecule has 3 aromatic heterocycles. The zero-order valence-electron chi connectivity index (χ0n) is 34.2. The van der Waals surface area contributed by atoms with Crippen LogP contribution in [0.5, 0.6) is 11.6 Å². The van der Waals surface area contributed by atoms with E-state index in [1.165, 1.54) is 29.8 Å². The van der Waals surface area contributed by atoms with Gasteiger partial charge in [0.25, 0.3) is 0 Å². The Labute approximate surface area is 363 Å². The first-order valence-electron chi connectivity index (χ1n) is 21.0. The van der Waals surface area contributed by atoms with Crippen LogP contribution >= 0.6 is 22.9 Å². The normalized spacial score (nSPS) is 21.8. The molecule has 61 heavy (non-hydrogen) atoms. The first kappa shape index (κ1) is 40.0. The lowest BCUT2D eigenvalue weighted by molar-refractivity contribution is -0.145. The van der Waals surface area contributed by atoms with Crippen molar-refractivity contribution in [2.45, 2.75) is 63.8 Å². The summed E-state index contributed by atoms with van der Waals surface area (Å²) in [5.41, 5.74) is 6.85. The minimum Gasteiger partial charge on any atom is -0.487 e. The third-order valence-electron chi connectivity index (χ3n) is 13.1. The van der Waals surface area contributed by atoms with E-state index < -0.39 is 12.1 Å². The number of ether oxygens (including phenoxy) is 2. The third-order valence-corrected chi connectivity index (χ3v) is 14.8. The highest BCUT2D eigenvalue weighted by molar-refractivity contribution is 7.22. The molecule has 1 saturated heterocycles. The molecule has 3 saturated carbocycles. The molecule has 0 spiro atoms. The van der Waals surface area contributed by atoms with Crippen molar-refractivity contribution in [1.29, 1.82) is 0 Å². The van der Waals surface area contributed by atoms with Crippen LogP contribution in [0.25, 0.3) is 31.8 Å². The Kier molecular flexibility index (Phi) is 10.7. The molecule has 4 fully saturated rings. The number of aromatic nitrogens is 4. The number of carbonyl (C=O) groups is 1. The molecule has 0 unspecified atom stereocenters. The molecule has 3 aliphatic heterocycles. The maximum atomic E-state index is 14.2. The average Bonchev–Trinajstić information content (AvgIpc) is 3.61. The summed E-state index contributed by atoms with van der Waals surface area (Å²) in [5.74, 6) is 0.914. The van der Waals surface area contributed by atoms with Gasteiger partial charge in [0.1, 0.15) is 35.2 Å². The zero-order chi connectivity index (χ0) is 41.8. The van der Waals surface area contributed by atoms with Crippen LogP contribution in [0.3, 0.4) is 0 Å². The van der Waals surface area contributed by atoms with E-state index in [1.807, 2.05) is 31.3 Å². The number of hydrogen-bond acceptors (Lipinski definition) is 11. The quantitative estimate of drug-likeness (QED) is 0.152. The highest BCUT2D eigenvalue weighted by Gasteiger charge is 2.59. The number of thiophene rings is 1. The highest BCUT2D eigenvalue weighted by Crippen LogP contribution is 2.64. The number of benzene rings is 3. The monoisotopic (exact) mass is 859 g/mol. The minimum atomic E-state index is -1.33. The van der Waals surface area contributed by atoms with Crippen LogP contribution < -0.4 is 9.47 Å². The molecule has 1 atom stereocenters. The van der Waals surface area contributed by atoms with Crippen molar-refractivity contribution in [1.82, 2.24) is 34.6 Å². The van der Waals surface area contributed by atoms with E-state index in [0.717, 1.165) is 114 Å². The van der Waals surface area contributed by atoms with Gasteiger partial charge in [-0.2, -0.15) is 0 Å². The van der Waals surface area contributed by atoms with Crippen molar-refractivity contribution in [2.75, 3.05) is 46.3 Å². The molecule has 3 aromatic carbocycles. The fraction of sp³-hybridized carbons (Fsp3) is 0.383. The fourth-order valence-corrected chi connectivity index (χ4v) is 10.8. The van der Waals surface area contributed by atoms with Crippen molar-refractivity contribution in [2.24, 2.45) is 5.92 Å². The Morgan fingerprint density at radius 2 is 1.75 bits per heavy atom. The van der Waals surface area contributed by atoms with E-state index in [4.69, 9.17) is 26.1 Å².